The van der Waals surface area contributed by atoms with Crippen molar-refractivity contribution in [2.24, 2.45) is 0 Å². The summed E-state index contributed by atoms with van der Waals surface area (Å²) in [6.07, 6.45) is 19.2. The van der Waals surface area contributed by atoms with Crippen molar-refractivity contribution in [1.82, 2.24) is 9.55 Å². The molecule has 3 heteroatoms. The Morgan fingerprint density at radius 1 is 1.04 bits per heavy atom. The number of benzene rings is 1. The van der Waals surface area contributed by atoms with Gasteiger partial charge in [-0.15, -0.1) is 0 Å². The Labute approximate surface area is 152 Å². The molecule has 2 aromatic rings. The third kappa shape index (κ3) is 8.69. The van der Waals surface area contributed by atoms with Crippen LogP contribution in [0, 0.1) is 0 Å². The Morgan fingerprint density at radius 2 is 1.80 bits per heavy atom. The molecule has 3 nitrogen and oxygen atoms in total. The van der Waals surface area contributed by atoms with Gasteiger partial charge in [-0.2, -0.15) is 0 Å². The lowest BCUT2D eigenvalue weighted by Crippen LogP contribution is -2.17. The number of unbranched alkanes of at least 4 members (excludes halogenated alkanes) is 6. The maximum atomic E-state index is 6.13. The summed E-state index contributed by atoms with van der Waals surface area (Å²) in [5.41, 5.74) is 1.21. The SMILES string of the molecule is CCCCCCCCCOC(C=Cc1ccccc1)Cn1ccnc1. The highest BCUT2D eigenvalue weighted by atomic mass is 16.5. The summed E-state index contributed by atoms with van der Waals surface area (Å²) in [6, 6.07) is 10.4. The standard InChI is InChI=1S/C22H32N2O/c1-2-3-4-5-6-7-11-18-25-22(19-24-17-16-23-20-24)15-14-21-12-9-8-10-13-21/h8-10,12-17,20,22H,2-7,11,18-19H2,1H3. The number of aromatic nitrogens is 2. The van der Waals surface area contributed by atoms with E-state index >= 15 is 0 Å². The predicted molar refractivity (Wildman–Crippen MR) is 105 cm³/mol. The van der Waals surface area contributed by atoms with Crippen molar-refractivity contribution in [2.45, 2.75) is 64.5 Å². The molecule has 25 heavy (non-hydrogen) atoms. The van der Waals surface area contributed by atoms with Crippen molar-refractivity contribution < 1.29 is 4.74 Å². The Bertz CT molecular complexity index is 563. The zero-order valence-electron chi connectivity index (χ0n) is 15.5. The highest BCUT2D eigenvalue weighted by Gasteiger charge is 2.06. The molecule has 136 valence electrons. The topological polar surface area (TPSA) is 27.1 Å². The van der Waals surface area contributed by atoms with Crippen LogP contribution in [0.1, 0.15) is 57.4 Å². The smallest absolute Gasteiger partial charge is 0.0946 e. The molecular weight excluding hydrogens is 308 g/mol. The maximum Gasteiger partial charge on any atom is 0.0946 e. The summed E-state index contributed by atoms with van der Waals surface area (Å²) in [6.45, 7) is 3.89. The average molecular weight is 341 g/mol. The van der Waals surface area contributed by atoms with E-state index in [1.54, 1.807) is 0 Å². The van der Waals surface area contributed by atoms with Gasteiger partial charge in [-0.05, 0) is 12.0 Å². The van der Waals surface area contributed by atoms with E-state index in [1.807, 2.05) is 24.8 Å². The fourth-order valence-corrected chi connectivity index (χ4v) is 2.85. The van der Waals surface area contributed by atoms with Gasteiger partial charge in [0.25, 0.3) is 0 Å². The van der Waals surface area contributed by atoms with E-state index in [0.29, 0.717) is 0 Å². The molecule has 1 unspecified atom stereocenters. The first kappa shape index (κ1) is 19.5. The van der Waals surface area contributed by atoms with Gasteiger partial charge in [0.2, 0.25) is 0 Å². The van der Waals surface area contributed by atoms with Crippen LogP contribution in [0.5, 0.6) is 0 Å². The fraction of sp³-hybridized carbons (Fsp3) is 0.500. The minimum Gasteiger partial charge on any atom is -0.372 e. The summed E-state index contributed by atoms with van der Waals surface area (Å²) < 4.78 is 8.20. The van der Waals surface area contributed by atoms with Crippen molar-refractivity contribution in [3.05, 3.63) is 60.7 Å². The van der Waals surface area contributed by atoms with E-state index in [-0.39, 0.29) is 6.10 Å². The number of hydrogen-bond acceptors (Lipinski definition) is 2. The largest absolute Gasteiger partial charge is 0.372 e. The van der Waals surface area contributed by atoms with E-state index in [2.05, 4.69) is 52.9 Å². The van der Waals surface area contributed by atoms with Crippen LogP contribution in [-0.4, -0.2) is 22.3 Å². The molecule has 0 aliphatic carbocycles. The quantitative estimate of drug-likeness (QED) is 0.435. The van der Waals surface area contributed by atoms with E-state index in [0.717, 1.165) is 19.6 Å². The first-order valence-corrected chi connectivity index (χ1v) is 9.69. The second-order valence-corrected chi connectivity index (χ2v) is 6.56. The van der Waals surface area contributed by atoms with Gasteiger partial charge < -0.3 is 9.30 Å². The Balaban J connectivity index is 1.74. The van der Waals surface area contributed by atoms with Gasteiger partial charge in [-0.25, -0.2) is 4.98 Å². The summed E-state index contributed by atoms with van der Waals surface area (Å²) in [5, 5.41) is 0. The summed E-state index contributed by atoms with van der Waals surface area (Å²) in [5.74, 6) is 0. The van der Waals surface area contributed by atoms with Gasteiger partial charge in [0, 0.05) is 19.0 Å². The second-order valence-electron chi connectivity index (χ2n) is 6.56. The molecular formula is C22H32N2O. The van der Waals surface area contributed by atoms with Crippen LogP contribution < -0.4 is 0 Å². The Morgan fingerprint density at radius 3 is 2.52 bits per heavy atom. The van der Waals surface area contributed by atoms with Crippen molar-refractivity contribution in [3.63, 3.8) is 0 Å². The molecule has 1 aromatic heterocycles. The van der Waals surface area contributed by atoms with Gasteiger partial charge >= 0.3 is 0 Å². The first-order valence-electron chi connectivity index (χ1n) is 9.69. The number of hydrogen-bond donors (Lipinski definition) is 0. The van der Waals surface area contributed by atoms with Crippen LogP contribution in [0.25, 0.3) is 6.08 Å². The van der Waals surface area contributed by atoms with Crippen LogP contribution in [0.4, 0.5) is 0 Å². The summed E-state index contributed by atoms with van der Waals surface area (Å²) in [7, 11) is 0. The Hall–Kier alpha value is -1.87. The molecule has 2 rings (SSSR count). The number of rotatable bonds is 13. The fourth-order valence-electron chi connectivity index (χ4n) is 2.85. The monoisotopic (exact) mass is 340 g/mol. The van der Waals surface area contributed by atoms with Crippen molar-refractivity contribution in [2.75, 3.05) is 6.61 Å². The number of imidazole rings is 1. The van der Waals surface area contributed by atoms with Gasteiger partial charge in [0.05, 0.1) is 19.0 Å². The van der Waals surface area contributed by atoms with Crippen molar-refractivity contribution in [3.8, 4) is 0 Å². The zero-order valence-corrected chi connectivity index (χ0v) is 15.5. The third-order valence-corrected chi connectivity index (χ3v) is 4.33. The molecule has 0 N–H and O–H groups in total. The predicted octanol–water partition coefficient (Wildman–Crippen LogP) is 5.73. The molecule has 0 aliphatic rings. The van der Waals surface area contributed by atoms with E-state index in [9.17, 15) is 0 Å². The highest BCUT2D eigenvalue weighted by Crippen LogP contribution is 2.10. The van der Waals surface area contributed by atoms with E-state index in [1.165, 1.54) is 44.1 Å². The van der Waals surface area contributed by atoms with Gasteiger partial charge in [0.1, 0.15) is 0 Å². The third-order valence-electron chi connectivity index (χ3n) is 4.33. The molecule has 1 heterocycles. The molecule has 0 bridgehead atoms. The molecule has 0 aliphatic heterocycles. The lowest BCUT2D eigenvalue weighted by molar-refractivity contribution is 0.0710. The van der Waals surface area contributed by atoms with E-state index in [4.69, 9.17) is 4.74 Å². The van der Waals surface area contributed by atoms with Crippen LogP contribution >= 0.6 is 0 Å². The van der Waals surface area contributed by atoms with Crippen LogP contribution in [0.15, 0.2) is 55.1 Å². The van der Waals surface area contributed by atoms with Crippen LogP contribution in [0.3, 0.4) is 0 Å². The van der Waals surface area contributed by atoms with E-state index < -0.39 is 0 Å². The first-order chi connectivity index (χ1) is 12.4. The van der Waals surface area contributed by atoms with Gasteiger partial charge in [0.15, 0.2) is 0 Å². The lowest BCUT2D eigenvalue weighted by Gasteiger charge is -2.15. The minimum absolute atomic E-state index is 0.0782. The number of nitrogens with zero attached hydrogens (tertiary/aromatic N) is 2. The van der Waals surface area contributed by atoms with Crippen LogP contribution in [0.2, 0.25) is 0 Å². The molecule has 0 spiro atoms. The maximum absolute atomic E-state index is 6.13. The molecule has 1 aromatic carbocycles. The zero-order chi connectivity index (χ0) is 17.6. The normalized spacial score (nSPS) is 12.7. The molecule has 0 saturated heterocycles. The summed E-state index contributed by atoms with van der Waals surface area (Å²) in [4.78, 5) is 4.12. The van der Waals surface area contributed by atoms with Gasteiger partial charge in [-0.3, -0.25) is 0 Å². The minimum atomic E-state index is 0.0782. The van der Waals surface area contributed by atoms with Crippen molar-refractivity contribution in [1.29, 1.82) is 0 Å². The molecule has 0 fully saturated rings. The molecule has 0 saturated carbocycles. The Kier molecular flexibility index (Phi) is 9.72. The number of ether oxygens (including phenoxy) is 1. The molecule has 1 atom stereocenters. The van der Waals surface area contributed by atoms with Gasteiger partial charge in [-0.1, -0.05) is 87.9 Å². The average Bonchev–Trinajstić information content (AvgIpc) is 3.15. The molecule has 0 radical (unpaired) electrons. The lowest BCUT2D eigenvalue weighted by atomic mass is 10.1. The van der Waals surface area contributed by atoms with Crippen molar-refractivity contribution >= 4 is 6.08 Å². The van der Waals surface area contributed by atoms with Crippen LogP contribution in [-0.2, 0) is 11.3 Å². The second kappa shape index (κ2) is 12.5. The molecule has 0 amide bonds. The highest BCUT2D eigenvalue weighted by molar-refractivity contribution is 5.49. The summed E-state index contributed by atoms with van der Waals surface area (Å²) >= 11 is 0.